The fraction of sp³-hybridized carbons (Fsp3) is 0.591. The Morgan fingerprint density at radius 3 is 2.62 bits per heavy atom. The predicted molar refractivity (Wildman–Crippen MR) is 116 cm³/mol. The van der Waals surface area contributed by atoms with Crippen LogP contribution in [0.25, 0.3) is 0 Å². The second kappa shape index (κ2) is 12.7. The van der Waals surface area contributed by atoms with Crippen molar-refractivity contribution in [3.8, 4) is 11.5 Å². The molecule has 1 aromatic carbocycles. The minimum atomic E-state index is -0.708. The minimum Gasteiger partial charge on any atom is -0.493 e. The summed E-state index contributed by atoms with van der Waals surface area (Å²) in [6.45, 7) is 2.42. The number of amides is 2. The van der Waals surface area contributed by atoms with Crippen LogP contribution in [0.15, 0.2) is 12.1 Å². The normalized spacial score (nSPS) is 15.6. The van der Waals surface area contributed by atoms with Crippen molar-refractivity contribution in [1.29, 1.82) is 0 Å². The largest absolute Gasteiger partial charge is 0.493 e. The number of ether oxygens (including phenoxy) is 4. The number of carbonyl (C=O) groups excluding carboxylic acids is 3. The number of hydrogen-bond donors (Lipinski definition) is 2. The molecule has 10 nitrogen and oxygen atoms in total. The fourth-order valence-electron chi connectivity index (χ4n) is 3.50. The number of likely N-dealkylation sites (tertiary alicyclic amines) is 1. The SMILES string of the molecule is CCOC(=O)Nc1cc(OCCCC(=O)OC)c(OC)cc1C(=O)N1CCCC[C@H]1CO. The first kappa shape index (κ1) is 25.3. The van der Waals surface area contributed by atoms with Gasteiger partial charge in [-0.05, 0) is 38.7 Å². The molecule has 10 heteroatoms. The zero-order valence-electron chi connectivity index (χ0n) is 18.8. The number of benzene rings is 1. The molecule has 0 bridgehead atoms. The number of aliphatic hydroxyl groups excluding tert-OH is 1. The van der Waals surface area contributed by atoms with Gasteiger partial charge in [-0.2, -0.15) is 0 Å². The molecule has 0 radical (unpaired) electrons. The topological polar surface area (TPSA) is 124 Å². The molecule has 0 unspecified atom stereocenters. The van der Waals surface area contributed by atoms with E-state index in [0.717, 1.165) is 12.8 Å². The van der Waals surface area contributed by atoms with Crippen LogP contribution in [-0.2, 0) is 14.3 Å². The van der Waals surface area contributed by atoms with Gasteiger partial charge >= 0.3 is 12.1 Å². The van der Waals surface area contributed by atoms with Crippen LogP contribution in [0.1, 0.15) is 49.4 Å². The number of nitrogens with zero attached hydrogens (tertiary/aromatic N) is 1. The smallest absolute Gasteiger partial charge is 0.411 e. The maximum absolute atomic E-state index is 13.4. The summed E-state index contributed by atoms with van der Waals surface area (Å²) < 4.78 is 20.7. The van der Waals surface area contributed by atoms with Gasteiger partial charge in [-0.25, -0.2) is 4.79 Å². The maximum Gasteiger partial charge on any atom is 0.411 e. The lowest BCUT2D eigenvalue weighted by atomic mass is 10.0. The van der Waals surface area contributed by atoms with E-state index in [9.17, 15) is 19.5 Å². The van der Waals surface area contributed by atoms with E-state index in [4.69, 9.17) is 14.2 Å². The molecule has 0 saturated carbocycles. The summed E-state index contributed by atoms with van der Waals surface area (Å²) in [5.41, 5.74) is 0.414. The van der Waals surface area contributed by atoms with Crippen LogP contribution in [0, 0.1) is 0 Å². The molecule has 32 heavy (non-hydrogen) atoms. The highest BCUT2D eigenvalue weighted by Crippen LogP contribution is 2.35. The molecule has 1 atom stereocenters. The van der Waals surface area contributed by atoms with Crippen LogP contribution in [0.2, 0.25) is 0 Å². The van der Waals surface area contributed by atoms with Gasteiger partial charge in [0.15, 0.2) is 11.5 Å². The first-order valence-corrected chi connectivity index (χ1v) is 10.7. The molecule has 1 aliphatic heterocycles. The van der Waals surface area contributed by atoms with E-state index in [2.05, 4.69) is 10.1 Å². The van der Waals surface area contributed by atoms with Crippen molar-refractivity contribution in [2.75, 3.05) is 45.9 Å². The molecular weight excluding hydrogens is 420 g/mol. The molecule has 0 aliphatic carbocycles. The van der Waals surface area contributed by atoms with Gasteiger partial charge in [-0.15, -0.1) is 0 Å². The number of rotatable bonds is 10. The highest BCUT2D eigenvalue weighted by molar-refractivity contribution is 6.03. The average molecular weight is 453 g/mol. The molecular formula is C22H32N2O8. The Hall–Kier alpha value is -3.01. The summed E-state index contributed by atoms with van der Waals surface area (Å²) in [6, 6.07) is 2.72. The van der Waals surface area contributed by atoms with E-state index in [1.807, 2.05) is 0 Å². The molecule has 2 rings (SSSR count). The molecule has 2 N–H and O–H groups in total. The minimum absolute atomic E-state index is 0.134. The number of carbonyl (C=O) groups is 3. The van der Waals surface area contributed by atoms with Gasteiger partial charge in [0.05, 0.1) is 51.3 Å². The average Bonchev–Trinajstić information content (AvgIpc) is 2.81. The molecule has 178 valence electrons. The van der Waals surface area contributed by atoms with E-state index in [1.54, 1.807) is 11.8 Å². The van der Waals surface area contributed by atoms with E-state index in [0.29, 0.717) is 30.9 Å². The quantitative estimate of drug-likeness (QED) is 0.410. The van der Waals surface area contributed by atoms with Crippen LogP contribution in [-0.4, -0.2) is 74.6 Å². The fourth-order valence-corrected chi connectivity index (χ4v) is 3.50. The molecule has 1 aromatic rings. The number of anilines is 1. The van der Waals surface area contributed by atoms with Crippen LogP contribution in [0.5, 0.6) is 11.5 Å². The van der Waals surface area contributed by atoms with Gasteiger partial charge in [-0.1, -0.05) is 0 Å². The molecule has 1 saturated heterocycles. The van der Waals surface area contributed by atoms with Gasteiger partial charge in [0.25, 0.3) is 5.91 Å². The Balaban J connectivity index is 2.32. The van der Waals surface area contributed by atoms with E-state index in [-0.39, 0.29) is 55.4 Å². The summed E-state index contributed by atoms with van der Waals surface area (Å²) in [5, 5.41) is 12.3. The third-order valence-electron chi connectivity index (χ3n) is 5.16. The van der Waals surface area contributed by atoms with Crippen LogP contribution in [0.4, 0.5) is 10.5 Å². The Morgan fingerprint density at radius 2 is 1.97 bits per heavy atom. The van der Waals surface area contributed by atoms with Crippen molar-refractivity contribution < 1.29 is 38.4 Å². The Bertz CT molecular complexity index is 798. The van der Waals surface area contributed by atoms with E-state index < -0.39 is 6.09 Å². The van der Waals surface area contributed by atoms with Crippen molar-refractivity contribution in [2.45, 2.75) is 45.1 Å². The second-order valence-electron chi connectivity index (χ2n) is 7.25. The number of aliphatic hydroxyl groups is 1. The summed E-state index contributed by atoms with van der Waals surface area (Å²) >= 11 is 0. The van der Waals surface area contributed by atoms with Crippen LogP contribution >= 0.6 is 0 Å². The van der Waals surface area contributed by atoms with E-state index >= 15 is 0 Å². The molecule has 1 fully saturated rings. The van der Waals surface area contributed by atoms with Crippen molar-refractivity contribution in [3.63, 3.8) is 0 Å². The van der Waals surface area contributed by atoms with Crippen LogP contribution < -0.4 is 14.8 Å². The number of esters is 1. The first-order chi connectivity index (χ1) is 15.4. The van der Waals surface area contributed by atoms with Crippen molar-refractivity contribution >= 4 is 23.7 Å². The zero-order valence-corrected chi connectivity index (χ0v) is 18.8. The Kier molecular flexibility index (Phi) is 10.1. The highest BCUT2D eigenvalue weighted by atomic mass is 16.5. The van der Waals surface area contributed by atoms with Gasteiger partial charge in [0.1, 0.15) is 0 Å². The number of hydrogen-bond acceptors (Lipinski definition) is 8. The van der Waals surface area contributed by atoms with Crippen molar-refractivity contribution in [1.82, 2.24) is 4.90 Å². The molecule has 1 aliphatic rings. The molecule has 1 heterocycles. The highest BCUT2D eigenvalue weighted by Gasteiger charge is 2.30. The zero-order chi connectivity index (χ0) is 23.5. The summed E-state index contributed by atoms with van der Waals surface area (Å²) in [7, 11) is 2.76. The molecule has 0 spiro atoms. The molecule has 0 aromatic heterocycles. The third kappa shape index (κ3) is 6.74. The van der Waals surface area contributed by atoms with Gasteiger partial charge < -0.3 is 29.0 Å². The van der Waals surface area contributed by atoms with Gasteiger partial charge in [0, 0.05) is 19.0 Å². The van der Waals surface area contributed by atoms with Gasteiger partial charge in [-0.3, -0.25) is 14.9 Å². The number of nitrogens with one attached hydrogen (secondary N) is 1. The summed E-state index contributed by atoms with van der Waals surface area (Å²) in [6.07, 6.45) is 2.39. The van der Waals surface area contributed by atoms with Crippen LogP contribution in [0.3, 0.4) is 0 Å². The number of methoxy groups -OCH3 is 2. The lowest BCUT2D eigenvalue weighted by Crippen LogP contribution is -2.45. The third-order valence-corrected chi connectivity index (χ3v) is 5.16. The van der Waals surface area contributed by atoms with E-state index in [1.165, 1.54) is 26.4 Å². The van der Waals surface area contributed by atoms with Crippen molar-refractivity contribution in [3.05, 3.63) is 17.7 Å². The standard InChI is InChI=1S/C22H32N2O8/c1-4-31-22(28)23-17-13-19(32-11-7-9-20(26)30-3)18(29-2)12-16(17)21(27)24-10-6-5-8-15(24)14-25/h12-13,15,25H,4-11,14H2,1-3H3,(H,23,28)/t15-/m0/s1. The van der Waals surface area contributed by atoms with Crippen molar-refractivity contribution in [2.24, 2.45) is 0 Å². The van der Waals surface area contributed by atoms with Gasteiger partial charge in [0.2, 0.25) is 0 Å². The Morgan fingerprint density at radius 1 is 1.19 bits per heavy atom. The first-order valence-electron chi connectivity index (χ1n) is 10.7. The monoisotopic (exact) mass is 452 g/mol. The lowest BCUT2D eigenvalue weighted by Gasteiger charge is -2.35. The summed E-state index contributed by atoms with van der Waals surface area (Å²) in [4.78, 5) is 38.3. The predicted octanol–water partition coefficient (Wildman–Crippen LogP) is 2.58. The summed E-state index contributed by atoms with van der Waals surface area (Å²) in [5.74, 6) is -0.0614. The lowest BCUT2D eigenvalue weighted by molar-refractivity contribution is -0.140. The Labute approximate surface area is 187 Å². The second-order valence-corrected chi connectivity index (χ2v) is 7.25. The number of piperidine rings is 1. The molecule has 2 amide bonds. The maximum atomic E-state index is 13.4.